The van der Waals surface area contributed by atoms with Gasteiger partial charge in [-0.25, -0.2) is 0 Å². The molecule has 1 aromatic carbocycles. The number of hydrogen-bond donors (Lipinski definition) is 1. The van der Waals surface area contributed by atoms with E-state index in [0.717, 1.165) is 0 Å². The largest absolute Gasteiger partial charge is 0.393 e. The Labute approximate surface area is 88.9 Å². The quantitative estimate of drug-likeness (QED) is 0.768. The highest BCUT2D eigenvalue weighted by atomic mass is 35.5. The summed E-state index contributed by atoms with van der Waals surface area (Å²) in [5.74, 6) is 0. The smallest absolute Gasteiger partial charge is 0.361 e. The number of halogens is 4. The first-order chi connectivity index (χ1) is 6.96. The first-order valence-electron chi connectivity index (χ1n) is 4.28. The predicted octanol–water partition coefficient (Wildman–Crippen LogP) is 3.93. The lowest BCUT2D eigenvalue weighted by molar-refractivity contribution is -0.127. The summed E-state index contributed by atoms with van der Waals surface area (Å²) in [7, 11) is 0. The zero-order valence-electron chi connectivity index (χ0n) is 7.53. The molecule has 1 N–H and O–H groups in total. The molecule has 15 heavy (non-hydrogen) atoms. The fraction of sp³-hybridized carbons (Fsp3) is 0.200. The molecule has 0 radical (unpaired) electrons. The van der Waals surface area contributed by atoms with Gasteiger partial charge in [-0.2, -0.15) is 13.2 Å². The average Bonchev–Trinajstić information content (AvgIpc) is 2.46. The van der Waals surface area contributed by atoms with Crippen molar-refractivity contribution in [3.05, 3.63) is 35.0 Å². The first kappa shape index (κ1) is 10.4. The van der Waals surface area contributed by atoms with E-state index in [1.807, 2.05) is 0 Å². The van der Waals surface area contributed by atoms with Crippen LogP contribution in [0.4, 0.5) is 13.2 Å². The molecule has 0 saturated carbocycles. The average molecular weight is 234 g/mol. The van der Waals surface area contributed by atoms with Crippen molar-refractivity contribution in [2.45, 2.75) is 12.6 Å². The van der Waals surface area contributed by atoms with E-state index in [4.69, 9.17) is 11.6 Å². The van der Waals surface area contributed by atoms with Gasteiger partial charge in [0.25, 0.3) is 0 Å². The molecule has 1 nitrogen and oxygen atoms in total. The van der Waals surface area contributed by atoms with Gasteiger partial charge >= 0.3 is 6.18 Å². The highest BCUT2D eigenvalue weighted by Gasteiger charge is 2.28. The Bertz CT molecular complexity index is 487. The molecule has 0 aliphatic rings. The van der Waals surface area contributed by atoms with Crippen molar-refractivity contribution in [3.63, 3.8) is 0 Å². The Morgan fingerprint density at radius 1 is 1.27 bits per heavy atom. The highest BCUT2D eigenvalue weighted by molar-refractivity contribution is 6.31. The Morgan fingerprint density at radius 3 is 2.67 bits per heavy atom. The van der Waals surface area contributed by atoms with Crippen LogP contribution in [0, 0.1) is 0 Å². The fourth-order valence-electron chi connectivity index (χ4n) is 1.51. The zero-order valence-corrected chi connectivity index (χ0v) is 8.28. The molecule has 2 rings (SSSR count). The van der Waals surface area contributed by atoms with E-state index in [1.165, 1.54) is 12.3 Å². The van der Waals surface area contributed by atoms with E-state index in [1.54, 1.807) is 12.1 Å². The lowest BCUT2D eigenvalue weighted by Crippen LogP contribution is -2.10. The van der Waals surface area contributed by atoms with Crippen molar-refractivity contribution in [3.8, 4) is 0 Å². The maximum absolute atomic E-state index is 12.2. The van der Waals surface area contributed by atoms with Gasteiger partial charge in [0.05, 0.1) is 6.42 Å². The standard InChI is InChI=1S/C10H7ClF3N/c11-7-1-2-9-8(3-7)6(5-15-9)4-10(12,13)14/h1-3,5,15H,4H2. The van der Waals surface area contributed by atoms with E-state index in [0.29, 0.717) is 15.9 Å². The molecular weight excluding hydrogens is 227 g/mol. The minimum absolute atomic E-state index is 0.222. The second-order valence-electron chi connectivity index (χ2n) is 3.30. The number of nitrogens with one attached hydrogen (secondary N) is 1. The van der Waals surface area contributed by atoms with E-state index in [9.17, 15) is 13.2 Å². The Hall–Kier alpha value is -1.16. The molecule has 80 valence electrons. The summed E-state index contributed by atoms with van der Waals surface area (Å²) in [6, 6.07) is 4.84. The van der Waals surface area contributed by atoms with Crippen LogP contribution in [0.2, 0.25) is 5.02 Å². The summed E-state index contributed by atoms with van der Waals surface area (Å²) < 4.78 is 36.6. The van der Waals surface area contributed by atoms with Crippen LogP contribution < -0.4 is 0 Å². The second kappa shape index (κ2) is 3.45. The number of aromatic nitrogens is 1. The minimum atomic E-state index is -4.20. The molecule has 0 saturated heterocycles. The lowest BCUT2D eigenvalue weighted by atomic mass is 10.1. The van der Waals surface area contributed by atoms with Gasteiger partial charge in [-0.15, -0.1) is 0 Å². The van der Waals surface area contributed by atoms with Crippen molar-refractivity contribution in [2.24, 2.45) is 0 Å². The van der Waals surface area contributed by atoms with Crippen molar-refractivity contribution in [1.82, 2.24) is 4.98 Å². The highest BCUT2D eigenvalue weighted by Crippen LogP contribution is 2.28. The van der Waals surface area contributed by atoms with Crippen molar-refractivity contribution in [1.29, 1.82) is 0 Å². The SMILES string of the molecule is FC(F)(F)Cc1c[nH]c2ccc(Cl)cc12. The van der Waals surface area contributed by atoms with E-state index in [-0.39, 0.29) is 5.56 Å². The number of alkyl halides is 3. The molecular formula is C10H7ClF3N. The van der Waals surface area contributed by atoms with Gasteiger partial charge in [-0.1, -0.05) is 11.6 Å². The summed E-state index contributed by atoms with van der Waals surface area (Å²) in [5.41, 5.74) is 0.888. The van der Waals surface area contributed by atoms with Crippen LogP contribution in [0.3, 0.4) is 0 Å². The van der Waals surface area contributed by atoms with Crippen LogP contribution in [0.25, 0.3) is 10.9 Å². The predicted molar refractivity (Wildman–Crippen MR) is 53.1 cm³/mol. The topological polar surface area (TPSA) is 15.8 Å². The lowest BCUT2D eigenvalue weighted by Gasteiger charge is -2.04. The third-order valence-corrected chi connectivity index (χ3v) is 2.36. The van der Waals surface area contributed by atoms with Gasteiger partial charge in [0, 0.05) is 22.1 Å². The molecule has 5 heteroatoms. The minimum Gasteiger partial charge on any atom is -0.361 e. The molecule has 1 heterocycles. The van der Waals surface area contributed by atoms with Gasteiger partial charge in [-0.3, -0.25) is 0 Å². The maximum Gasteiger partial charge on any atom is 0.393 e. The van der Waals surface area contributed by atoms with Crippen LogP contribution in [0.5, 0.6) is 0 Å². The number of aromatic amines is 1. The van der Waals surface area contributed by atoms with Crippen LogP contribution in [-0.4, -0.2) is 11.2 Å². The van der Waals surface area contributed by atoms with E-state index < -0.39 is 12.6 Å². The summed E-state index contributed by atoms with van der Waals surface area (Å²) in [6.45, 7) is 0. The van der Waals surface area contributed by atoms with Crippen LogP contribution in [0.1, 0.15) is 5.56 Å². The van der Waals surface area contributed by atoms with Gasteiger partial charge in [0.2, 0.25) is 0 Å². The Kier molecular flexibility index (Phi) is 2.38. The molecule has 2 aromatic rings. The Morgan fingerprint density at radius 2 is 2.00 bits per heavy atom. The molecule has 0 aliphatic carbocycles. The first-order valence-corrected chi connectivity index (χ1v) is 4.66. The molecule has 1 aromatic heterocycles. The van der Waals surface area contributed by atoms with Gasteiger partial charge in [-0.05, 0) is 23.8 Å². The Balaban J connectivity index is 2.48. The number of rotatable bonds is 1. The van der Waals surface area contributed by atoms with Gasteiger partial charge < -0.3 is 4.98 Å². The van der Waals surface area contributed by atoms with Crippen LogP contribution in [-0.2, 0) is 6.42 Å². The van der Waals surface area contributed by atoms with Crippen molar-refractivity contribution in [2.75, 3.05) is 0 Å². The normalized spacial score (nSPS) is 12.3. The number of hydrogen-bond acceptors (Lipinski definition) is 0. The number of H-pyrrole nitrogens is 1. The van der Waals surface area contributed by atoms with E-state index in [2.05, 4.69) is 4.98 Å². The molecule has 0 atom stereocenters. The van der Waals surface area contributed by atoms with Gasteiger partial charge in [0.1, 0.15) is 0 Å². The third kappa shape index (κ3) is 2.26. The van der Waals surface area contributed by atoms with E-state index >= 15 is 0 Å². The monoisotopic (exact) mass is 233 g/mol. The molecule has 0 unspecified atom stereocenters. The summed E-state index contributed by atoms with van der Waals surface area (Å²) in [4.78, 5) is 2.78. The number of fused-ring (bicyclic) bond motifs is 1. The van der Waals surface area contributed by atoms with Gasteiger partial charge in [0.15, 0.2) is 0 Å². The van der Waals surface area contributed by atoms with Crippen LogP contribution >= 0.6 is 11.6 Å². The second-order valence-corrected chi connectivity index (χ2v) is 3.73. The summed E-state index contributed by atoms with van der Waals surface area (Å²) >= 11 is 5.72. The maximum atomic E-state index is 12.2. The third-order valence-electron chi connectivity index (χ3n) is 2.12. The van der Waals surface area contributed by atoms with Crippen molar-refractivity contribution >= 4 is 22.5 Å². The zero-order chi connectivity index (χ0) is 11.1. The van der Waals surface area contributed by atoms with Crippen molar-refractivity contribution < 1.29 is 13.2 Å². The molecule has 0 spiro atoms. The number of benzene rings is 1. The molecule has 0 aliphatic heterocycles. The van der Waals surface area contributed by atoms with Crippen LogP contribution in [0.15, 0.2) is 24.4 Å². The molecule has 0 bridgehead atoms. The summed E-state index contributed by atoms with van der Waals surface area (Å²) in [5, 5.41) is 0.963. The molecule has 0 fully saturated rings. The summed E-state index contributed by atoms with van der Waals surface area (Å²) in [6.07, 6.45) is -3.76. The molecule has 0 amide bonds. The fourth-order valence-corrected chi connectivity index (χ4v) is 1.68.